The summed E-state index contributed by atoms with van der Waals surface area (Å²) in [6.07, 6.45) is 8.07. The molecule has 0 aliphatic carbocycles. The number of hydrogen-bond donors (Lipinski definition) is 3. The number of nitrogens with zero attached hydrogens (tertiary/aromatic N) is 5. The Kier molecular flexibility index (Phi) is 22.4. The molecule has 0 aromatic rings. The minimum absolute atomic E-state index is 0.779. The van der Waals surface area contributed by atoms with E-state index in [1.807, 2.05) is 14.1 Å². The predicted octanol–water partition coefficient (Wildman–Crippen LogP) is 1.40. The third kappa shape index (κ3) is 18.0. The smallest absolute Gasteiger partial charge is 0.0220 e. The molecule has 0 spiro atoms. The van der Waals surface area contributed by atoms with Crippen LogP contribution in [0.15, 0.2) is 0 Å². The Balaban J connectivity index is 0.000000458. The van der Waals surface area contributed by atoms with E-state index < -0.39 is 0 Å². The average Bonchev–Trinajstić information content (AvgIpc) is 3.32. The molecule has 3 rings (SSSR count). The van der Waals surface area contributed by atoms with E-state index in [1.54, 1.807) is 0 Å². The average molecular weight is 515 g/mol. The van der Waals surface area contributed by atoms with Gasteiger partial charge >= 0.3 is 0 Å². The van der Waals surface area contributed by atoms with Gasteiger partial charge in [0.15, 0.2) is 0 Å². The lowest BCUT2D eigenvalue weighted by Crippen LogP contribution is -2.40. The van der Waals surface area contributed by atoms with Crippen molar-refractivity contribution in [2.45, 2.75) is 63.6 Å². The lowest BCUT2D eigenvalue weighted by molar-refractivity contribution is 0.166. The molecule has 0 saturated carbocycles. The summed E-state index contributed by atoms with van der Waals surface area (Å²) in [5, 5.41) is 9.59. The molecule has 3 heterocycles. The molecule has 3 saturated heterocycles. The number of hydrogen-bond acceptors (Lipinski definition) is 8. The van der Waals surface area contributed by atoms with Gasteiger partial charge in [0.05, 0.1) is 0 Å². The van der Waals surface area contributed by atoms with Crippen LogP contribution in [0, 0.1) is 0 Å². The first-order chi connectivity index (χ1) is 17.2. The van der Waals surface area contributed by atoms with E-state index in [-0.39, 0.29) is 0 Å². The molecule has 0 bridgehead atoms. The molecule has 1 unspecified atom stereocenters. The number of likely N-dealkylation sites (tertiary alicyclic amines) is 3. The second-order valence-electron chi connectivity index (χ2n) is 11.3. The SMILES string of the molecule is CCN1CCCC1CNC.CN1CCC(N(C)C)CC1.CNC1CCN(C)CC1.CNCCN(C)C. The van der Waals surface area contributed by atoms with Gasteiger partial charge in [-0.25, -0.2) is 0 Å². The molecule has 0 radical (unpaired) electrons. The van der Waals surface area contributed by atoms with Gasteiger partial charge in [-0.3, -0.25) is 4.90 Å². The number of likely N-dealkylation sites (N-methyl/N-ethyl adjacent to an activating group) is 4. The summed E-state index contributed by atoms with van der Waals surface area (Å²) in [4.78, 5) is 11.8. The van der Waals surface area contributed by atoms with E-state index in [4.69, 9.17) is 0 Å². The van der Waals surface area contributed by atoms with Crippen molar-refractivity contribution >= 4 is 0 Å². The first-order valence-electron chi connectivity index (χ1n) is 14.6. The minimum Gasteiger partial charge on any atom is -0.318 e. The highest BCUT2D eigenvalue weighted by Gasteiger charge is 2.21. The lowest BCUT2D eigenvalue weighted by atomic mass is 10.1. The van der Waals surface area contributed by atoms with Gasteiger partial charge in [-0.2, -0.15) is 0 Å². The zero-order valence-electron chi connectivity index (χ0n) is 26.1. The second-order valence-corrected chi connectivity index (χ2v) is 11.3. The van der Waals surface area contributed by atoms with E-state index in [9.17, 15) is 0 Å². The molecule has 3 aliphatic rings. The van der Waals surface area contributed by atoms with Crippen LogP contribution >= 0.6 is 0 Å². The summed E-state index contributed by atoms with van der Waals surface area (Å²) in [6, 6.07) is 2.42. The van der Waals surface area contributed by atoms with Gasteiger partial charge in [-0.1, -0.05) is 6.92 Å². The molecule has 8 heteroatoms. The van der Waals surface area contributed by atoms with Gasteiger partial charge in [0.1, 0.15) is 0 Å². The molecule has 0 aromatic heterocycles. The molecule has 36 heavy (non-hydrogen) atoms. The van der Waals surface area contributed by atoms with Crippen molar-refractivity contribution in [2.75, 3.05) is 122 Å². The highest BCUT2D eigenvalue weighted by atomic mass is 15.2. The molecular formula is C28H66N8. The van der Waals surface area contributed by atoms with E-state index >= 15 is 0 Å². The predicted molar refractivity (Wildman–Crippen MR) is 160 cm³/mol. The molecular weight excluding hydrogens is 448 g/mol. The summed E-state index contributed by atoms with van der Waals surface area (Å²) >= 11 is 0. The van der Waals surface area contributed by atoms with Gasteiger partial charge in [0, 0.05) is 37.8 Å². The van der Waals surface area contributed by atoms with Crippen LogP contribution < -0.4 is 16.0 Å². The summed E-state index contributed by atoms with van der Waals surface area (Å²) in [5.41, 5.74) is 0. The normalized spacial score (nSPS) is 22.5. The monoisotopic (exact) mass is 515 g/mol. The Morgan fingerprint density at radius 1 is 0.750 bits per heavy atom. The van der Waals surface area contributed by atoms with Crippen molar-refractivity contribution in [1.29, 1.82) is 0 Å². The summed E-state index contributed by atoms with van der Waals surface area (Å²) < 4.78 is 0. The molecule has 8 nitrogen and oxygen atoms in total. The van der Waals surface area contributed by atoms with Crippen molar-refractivity contribution in [3.63, 3.8) is 0 Å². The summed E-state index contributed by atoms with van der Waals surface area (Å²) in [5.74, 6) is 0. The van der Waals surface area contributed by atoms with Crippen LogP contribution in [-0.2, 0) is 0 Å². The highest BCUT2D eigenvalue weighted by Crippen LogP contribution is 2.15. The molecule has 0 aromatic carbocycles. The summed E-state index contributed by atoms with van der Waals surface area (Å²) in [7, 11) is 18.9. The van der Waals surface area contributed by atoms with Gasteiger partial charge in [0.25, 0.3) is 0 Å². The fourth-order valence-electron chi connectivity index (χ4n) is 4.92. The van der Waals surface area contributed by atoms with Gasteiger partial charge in [-0.15, -0.1) is 0 Å². The van der Waals surface area contributed by atoms with Gasteiger partial charge in [-0.05, 0) is 141 Å². The largest absolute Gasteiger partial charge is 0.318 e. The Morgan fingerprint density at radius 3 is 1.69 bits per heavy atom. The van der Waals surface area contributed by atoms with E-state index in [1.165, 1.54) is 77.8 Å². The number of rotatable bonds is 8. The Labute approximate surface area is 226 Å². The van der Waals surface area contributed by atoms with Gasteiger partial charge < -0.3 is 35.6 Å². The molecule has 218 valence electrons. The fourth-order valence-corrected chi connectivity index (χ4v) is 4.92. The van der Waals surface area contributed by atoms with Crippen LogP contribution in [-0.4, -0.2) is 165 Å². The molecule has 3 fully saturated rings. The van der Waals surface area contributed by atoms with Crippen LogP contribution in [0.5, 0.6) is 0 Å². The maximum absolute atomic E-state index is 3.30. The molecule has 0 amide bonds. The third-order valence-corrected chi connectivity index (χ3v) is 7.70. The topological polar surface area (TPSA) is 52.3 Å². The van der Waals surface area contributed by atoms with Crippen LogP contribution in [0.4, 0.5) is 0 Å². The van der Waals surface area contributed by atoms with Crippen LogP contribution in [0.3, 0.4) is 0 Å². The number of piperidine rings is 2. The van der Waals surface area contributed by atoms with Crippen molar-refractivity contribution in [2.24, 2.45) is 0 Å². The van der Waals surface area contributed by atoms with E-state index in [2.05, 4.69) is 96.7 Å². The maximum Gasteiger partial charge on any atom is 0.0220 e. The van der Waals surface area contributed by atoms with Crippen molar-refractivity contribution in [1.82, 2.24) is 40.4 Å². The van der Waals surface area contributed by atoms with Crippen molar-refractivity contribution < 1.29 is 0 Å². The zero-order chi connectivity index (χ0) is 27.3. The number of nitrogens with one attached hydrogen (secondary N) is 3. The molecule has 3 aliphatic heterocycles. The minimum atomic E-state index is 0.779. The summed E-state index contributed by atoms with van der Waals surface area (Å²) in [6.45, 7) is 13.2. The highest BCUT2D eigenvalue weighted by molar-refractivity contribution is 4.79. The first kappa shape index (κ1) is 35.7. The standard InChI is InChI=1S/2C8H18N2.C7H16N2.C5H14N2/c1-9(2)8-4-6-10(3)7-5-8;1-3-10-6-4-5-8(10)7-9-2;1-8-7-3-5-9(2)6-4-7;1-6-4-5-7(2)3/h8H,4-7H2,1-3H3;8-9H,3-7H2,1-2H3;7-8H,3-6H2,1-2H3;6H,4-5H2,1-3H3. The van der Waals surface area contributed by atoms with Crippen LogP contribution in [0.1, 0.15) is 45.4 Å². The quantitative estimate of drug-likeness (QED) is 0.450. The molecule has 3 N–H and O–H groups in total. The van der Waals surface area contributed by atoms with Crippen molar-refractivity contribution in [3.05, 3.63) is 0 Å². The van der Waals surface area contributed by atoms with Crippen LogP contribution in [0.2, 0.25) is 0 Å². The third-order valence-electron chi connectivity index (χ3n) is 7.70. The Bertz CT molecular complexity index is 460. The Hall–Kier alpha value is -0.320. The lowest BCUT2D eigenvalue weighted by Gasteiger charge is -2.32. The van der Waals surface area contributed by atoms with Crippen LogP contribution in [0.25, 0.3) is 0 Å². The maximum atomic E-state index is 3.30. The second kappa shape index (κ2) is 22.6. The first-order valence-corrected chi connectivity index (χ1v) is 14.6. The zero-order valence-corrected chi connectivity index (χ0v) is 26.1. The van der Waals surface area contributed by atoms with E-state index in [0.717, 1.165) is 37.8 Å². The van der Waals surface area contributed by atoms with E-state index in [0.29, 0.717) is 0 Å². The molecule has 1 atom stereocenters. The van der Waals surface area contributed by atoms with Gasteiger partial charge in [0.2, 0.25) is 0 Å². The Morgan fingerprint density at radius 2 is 1.31 bits per heavy atom. The fraction of sp³-hybridized carbons (Fsp3) is 1.00. The van der Waals surface area contributed by atoms with Crippen molar-refractivity contribution in [3.8, 4) is 0 Å².